The van der Waals surface area contributed by atoms with E-state index in [1.807, 2.05) is 24.4 Å². The fraction of sp³-hybridized carbons (Fsp3) is 0. The summed E-state index contributed by atoms with van der Waals surface area (Å²) < 4.78 is 0. The first-order valence-corrected chi connectivity index (χ1v) is 8.69. The molecule has 5 rings (SSSR count). The van der Waals surface area contributed by atoms with Gasteiger partial charge in [0.2, 0.25) is 0 Å². The summed E-state index contributed by atoms with van der Waals surface area (Å²) in [6.07, 6.45) is 1.83. The monoisotopic (exact) mass is 332 g/mol. The van der Waals surface area contributed by atoms with Gasteiger partial charge in [0.1, 0.15) is 0 Å². The molecule has 0 saturated carbocycles. The van der Waals surface area contributed by atoms with E-state index < -0.39 is 0 Å². The second-order valence-corrected chi connectivity index (χ2v) is 6.33. The van der Waals surface area contributed by atoms with Crippen LogP contribution in [0.2, 0.25) is 0 Å². The summed E-state index contributed by atoms with van der Waals surface area (Å²) in [6.45, 7) is 0. The van der Waals surface area contributed by atoms with E-state index in [9.17, 15) is 0 Å². The van der Waals surface area contributed by atoms with Crippen molar-refractivity contribution in [3.8, 4) is 22.4 Å². The first-order chi connectivity index (χ1) is 12.9. The minimum absolute atomic E-state index is 0.946. The Morgan fingerprint density at radius 1 is 0.538 bits per heavy atom. The van der Waals surface area contributed by atoms with Gasteiger partial charge in [-0.05, 0) is 17.7 Å². The molecule has 26 heavy (non-hydrogen) atoms. The molecule has 3 aromatic carbocycles. The van der Waals surface area contributed by atoms with E-state index in [1.54, 1.807) is 0 Å². The molecule has 0 aliphatic carbocycles. The van der Waals surface area contributed by atoms with E-state index in [0.29, 0.717) is 0 Å². The van der Waals surface area contributed by atoms with Gasteiger partial charge in [-0.2, -0.15) is 0 Å². The van der Waals surface area contributed by atoms with Crippen LogP contribution in [-0.4, -0.2) is 9.97 Å². The van der Waals surface area contributed by atoms with Gasteiger partial charge in [-0.1, -0.05) is 78.9 Å². The van der Waals surface area contributed by atoms with E-state index in [-0.39, 0.29) is 0 Å². The zero-order chi connectivity index (χ0) is 17.3. The van der Waals surface area contributed by atoms with Crippen LogP contribution in [0.15, 0.2) is 97.2 Å². The maximum atomic E-state index is 5.09. The third-order valence-electron chi connectivity index (χ3n) is 4.69. The zero-order valence-corrected chi connectivity index (χ0v) is 14.1. The highest BCUT2D eigenvalue weighted by molar-refractivity contribution is 6.05. The maximum Gasteiger partial charge on any atom is 0.0972 e. The maximum absolute atomic E-state index is 5.09. The van der Waals surface area contributed by atoms with Crippen LogP contribution < -0.4 is 0 Å². The lowest BCUT2D eigenvalue weighted by molar-refractivity contribution is 1.37. The number of fused-ring (bicyclic) bond motifs is 3. The van der Waals surface area contributed by atoms with Crippen molar-refractivity contribution in [3.05, 3.63) is 97.2 Å². The van der Waals surface area contributed by atoms with Gasteiger partial charge in [0.15, 0.2) is 0 Å². The molecule has 2 nitrogen and oxygen atoms in total. The van der Waals surface area contributed by atoms with Crippen LogP contribution in [0.3, 0.4) is 0 Å². The van der Waals surface area contributed by atoms with Crippen molar-refractivity contribution in [3.63, 3.8) is 0 Å². The summed E-state index contributed by atoms with van der Waals surface area (Å²) in [5.41, 5.74) is 6.30. The molecule has 2 heteroatoms. The van der Waals surface area contributed by atoms with Gasteiger partial charge in [-0.25, -0.2) is 4.98 Å². The fourth-order valence-electron chi connectivity index (χ4n) is 3.43. The molecule has 0 atom stereocenters. The molecule has 0 aliphatic heterocycles. The summed E-state index contributed by atoms with van der Waals surface area (Å²) in [4.78, 5) is 9.67. The summed E-state index contributed by atoms with van der Waals surface area (Å²) in [5, 5.41) is 2.22. The standard InChI is InChI=1S/C24H16N2/c1-3-8-17(9-4-1)21-16-20-14-13-19-12-7-15-25-23(19)24(20)26-22(21)18-10-5-2-6-11-18/h1-16H. The van der Waals surface area contributed by atoms with Gasteiger partial charge in [0.25, 0.3) is 0 Å². The van der Waals surface area contributed by atoms with Gasteiger partial charge in [0, 0.05) is 28.1 Å². The number of benzene rings is 3. The minimum atomic E-state index is 0.946. The smallest absolute Gasteiger partial charge is 0.0972 e. The van der Waals surface area contributed by atoms with Crippen LogP contribution in [0.4, 0.5) is 0 Å². The number of hydrogen-bond acceptors (Lipinski definition) is 2. The first kappa shape index (κ1) is 14.8. The highest BCUT2D eigenvalue weighted by Crippen LogP contribution is 2.34. The molecule has 2 aromatic heterocycles. The summed E-state index contributed by atoms with van der Waals surface area (Å²) in [6, 6.07) is 31.3. The van der Waals surface area contributed by atoms with Gasteiger partial charge < -0.3 is 0 Å². The molecule has 0 bridgehead atoms. The molecule has 0 N–H and O–H groups in total. The number of hydrogen-bond donors (Lipinski definition) is 0. The molecule has 0 spiro atoms. The van der Waals surface area contributed by atoms with Crippen molar-refractivity contribution in [2.45, 2.75) is 0 Å². The molecule has 0 amide bonds. The summed E-state index contributed by atoms with van der Waals surface area (Å²) in [5.74, 6) is 0. The average Bonchev–Trinajstić information content (AvgIpc) is 2.74. The Morgan fingerprint density at radius 3 is 2.00 bits per heavy atom. The van der Waals surface area contributed by atoms with Crippen molar-refractivity contribution in [1.82, 2.24) is 9.97 Å². The van der Waals surface area contributed by atoms with Crippen molar-refractivity contribution in [2.75, 3.05) is 0 Å². The van der Waals surface area contributed by atoms with Crippen molar-refractivity contribution in [1.29, 1.82) is 0 Å². The lowest BCUT2D eigenvalue weighted by Gasteiger charge is -2.12. The molecule has 0 unspecified atom stereocenters. The molecular formula is C24H16N2. The first-order valence-electron chi connectivity index (χ1n) is 8.69. The van der Waals surface area contributed by atoms with Crippen LogP contribution in [-0.2, 0) is 0 Å². The number of rotatable bonds is 2. The molecule has 0 aliphatic rings. The number of pyridine rings is 2. The molecule has 5 aromatic rings. The fourth-order valence-corrected chi connectivity index (χ4v) is 3.43. The minimum Gasteiger partial charge on any atom is -0.254 e. The number of aromatic nitrogens is 2. The third-order valence-corrected chi connectivity index (χ3v) is 4.69. The topological polar surface area (TPSA) is 25.8 Å². The van der Waals surface area contributed by atoms with E-state index in [0.717, 1.165) is 38.6 Å². The SMILES string of the molecule is c1ccc(-c2cc3ccc4cccnc4c3nc2-c2ccccc2)cc1. The molecule has 122 valence electrons. The van der Waals surface area contributed by atoms with E-state index in [4.69, 9.17) is 4.98 Å². The Kier molecular flexibility index (Phi) is 3.46. The largest absolute Gasteiger partial charge is 0.254 e. The quantitative estimate of drug-likeness (QED) is 0.364. The average molecular weight is 332 g/mol. The molecular weight excluding hydrogens is 316 g/mol. The second-order valence-electron chi connectivity index (χ2n) is 6.33. The highest BCUT2D eigenvalue weighted by atomic mass is 14.8. The predicted octanol–water partition coefficient (Wildman–Crippen LogP) is 6.12. The van der Waals surface area contributed by atoms with Gasteiger partial charge in [-0.3, -0.25) is 4.98 Å². The van der Waals surface area contributed by atoms with Crippen molar-refractivity contribution < 1.29 is 0 Å². The van der Waals surface area contributed by atoms with Gasteiger partial charge in [0.05, 0.1) is 16.7 Å². The van der Waals surface area contributed by atoms with E-state index in [1.165, 1.54) is 5.56 Å². The predicted molar refractivity (Wildman–Crippen MR) is 108 cm³/mol. The van der Waals surface area contributed by atoms with Crippen LogP contribution in [0.25, 0.3) is 44.2 Å². The van der Waals surface area contributed by atoms with Crippen LogP contribution in [0.1, 0.15) is 0 Å². The third kappa shape index (κ3) is 2.44. The molecule has 2 heterocycles. The van der Waals surface area contributed by atoms with Crippen molar-refractivity contribution >= 4 is 21.8 Å². The van der Waals surface area contributed by atoms with E-state index >= 15 is 0 Å². The highest BCUT2D eigenvalue weighted by Gasteiger charge is 2.13. The lowest BCUT2D eigenvalue weighted by atomic mass is 9.97. The zero-order valence-electron chi connectivity index (χ0n) is 14.1. The van der Waals surface area contributed by atoms with Crippen molar-refractivity contribution in [2.24, 2.45) is 0 Å². The Labute approximate surface area is 151 Å². The Bertz CT molecular complexity index is 1210. The molecule has 0 fully saturated rings. The van der Waals surface area contributed by atoms with Crippen LogP contribution in [0.5, 0.6) is 0 Å². The second kappa shape index (κ2) is 6.08. The Balaban J connectivity index is 1.90. The normalized spacial score (nSPS) is 11.1. The van der Waals surface area contributed by atoms with Gasteiger partial charge >= 0.3 is 0 Å². The summed E-state index contributed by atoms with van der Waals surface area (Å²) in [7, 11) is 0. The lowest BCUT2D eigenvalue weighted by Crippen LogP contribution is -1.93. The van der Waals surface area contributed by atoms with E-state index in [2.05, 4.69) is 77.8 Å². The Hall–Kier alpha value is -3.52. The summed E-state index contributed by atoms with van der Waals surface area (Å²) >= 11 is 0. The van der Waals surface area contributed by atoms with Gasteiger partial charge in [-0.15, -0.1) is 0 Å². The Morgan fingerprint density at radius 2 is 1.23 bits per heavy atom. The number of nitrogens with zero attached hydrogens (tertiary/aromatic N) is 2. The molecule has 0 radical (unpaired) electrons. The van der Waals surface area contributed by atoms with Crippen LogP contribution in [0, 0.1) is 0 Å². The molecule has 0 saturated heterocycles. The van der Waals surface area contributed by atoms with Crippen LogP contribution >= 0.6 is 0 Å².